The first-order valence-electron chi connectivity index (χ1n) is 11.6. The van der Waals surface area contributed by atoms with E-state index in [1.165, 1.54) is 18.4 Å². The molecule has 1 atom stereocenters. The SMILES string of the molecule is CN1CCC(c2ccc(Nc3nc(-c4cnc(N)nc4)cc4c3C(C=O)N(C)C=C4)cc2)CC1. The van der Waals surface area contributed by atoms with Crippen LogP contribution in [0.25, 0.3) is 17.3 Å². The second-order valence-electron chi connectivity index (χ2n) is 9.08. The molecular formula is C26H29N7O. The first-order chi connectivity index (χ1) is 16.5. The number of likely N-dealkylation sites (tertiary alicyclic amines) is 1. The number of nitrogen functional groups attached to an aromatic ring is 1. The summed E-state index contributed by atoms with van der Waals surface area (Å²) < 4.78 is 0. The van der Waals surface area contributed by atoms with Crippen LogP contribution in [-0.2, 0) is 4.79 Å². The van der Waals surface area contributed by atoms with E-state index in [2.05, 4.69) is 51.5 Å². The summed E-state index contributed by atoms with van der Waals surface area (Å²) in [5.74, 6) is 1.46. The highest BCUT2D eigenvalue weighted by Crippen LogP contribution is 2.37. The number of rotatable bonds is 5. The van der Waals surface area contributed by atoms with Crippen LogP contribution in [0.2, 0.25) is 0 Å². The summed E-state index contributed by atoms with van der Waals surface area (Å²) >= 11 is 0. The minimum absolute atomic E-state index is 0.215. The van der Waals surface area contributed by atoms with Gasteiger partial charge in [0.25, 0.3) is 0 Å². The van der Waals surface area contributed by atoms with Gasteiger partial charge in [0.2, 0.25) is 5.95 Å². The molecule has 174 valence electrons. The van der Waals surface area contributed by atoms with Crippen LogP contribution >= 0.6 is 0 Å². The Bertz CT molecular complexity index is 1200. The molecule has 0 radical (unpaired) electrons. The number of pyridine rings is 1. The van der Waals surface area contributed by atoms with E-state index in [-0.39, 0.29) is 5.95 Å². The number of hydrogen-bond acceptors (Lipinski definition) is 8. The van der Waals surface area contributed by atoms with Gasteiger partial charge in [-0.25, -0.2) is 15.0 Å². The molecule has 0 amide bonds. The third-order valence-electron chi connectivity index (χ3n) is 6.77. The van der Waals surface area contributed by atoms with Gasteiger partial charge in [-0.05, 0) is 74.3 Å². The van der Waals surface area contributed by atoms with Crippen molar-refractivity contribution in [3.05, 3.63) is 65.6 Å². The monoisotopic (exact) mass is 455 g/mol. The molecule has 2 aliphatic heterocycles. The number of nitrogens with two attached hydrogens (primary N) is 1. The van der Waals surface area contributed by atoms with E-state index >= 15 is 0 Å². The molecule has 1 aromatic carbocycles. The highest BCUT2D eigenvalue weighted by molar-refractivity contribution is 5.79. The normalized spacial score (nSPS) is 18.5. The number of aromatic nitrogens is 3. The van der Waals surface area contributed by atoms with E-state index < -0.39 is 6.04 Å². The predicted octanol–water partition coefficient (Wildman–Crippen LogP) is 3.83. The fourth-order valence-electron chi connectivity index (χ4n) is 4.71. The minimum atomic E-state index is -0.426. The van der Waals surface area contributed by atoms with Crippen molar-refractivity contribution in [3.63, 3.8) is 0 Å². The maximum atomic E-state index is 12.0. The first kappa shape index (κ1) is 22.0. The number of carbonyl (C=O) groups excluding carboxylic acids is 1. The molecule has 3 aromatic rings. The Morgan fingerprint density at radius 2 is 1.79 bits per heavy atom. The summed E-state index contributed by atoms with van der Waals surface area (Å²) in [4.78, 5) is 29.4. The number of anilines is 3. The van der Waals surface area contributed by atoms with Crippen LogP contribution in [-0.4, -0.2) is 58.2 Å². The number of likely N-dealkylation sites (N-methyl/N-ethyl adjacent to an activating group) is 1. The molecule has 2 aliphatic rings. The molecule has 8 nitrogen and oxygen atoms in total. The smallest absolute Gasteiger partial charge is 0.219 e. The first-order valence-corrected chi connectivity index (χ1v) is 11.6. The minimum Gasteiger partial charge on any atom is -0.368 e. The number of aldehydes is 1. The number of piperidine rings is 1. The van der Waals surface area contributed by atoms with Crippen molar-refractivity contribution in [3.8, 4) is 11.3 Å². The van der Waals surface area contributed by atoms with Gasteiger partial charge in [-0.1, -0.05) is 12.1 Å². The second kappa shape index (κ2) is 9.23. The van der Waals surface area contributed by atoms with Gasteiger partial charge in [-0.2, -0.15) is 0 Å². The fraction of sp³-hybridized carbons (Fsp3) is 0.308. The van der Waals surface area contributed by atoms with Gasteiger partial charge < -0.3 is 25.6 Å². The predicted molar refractivity (Wildman–Crippen MR) is 134 cm³/mol. The molecule has 5 rings (SSSR count). The molecule has 0 bridgehead atoms. The van der Waals surface area contributed by atoms with Gasteiger partial charge in [0.15, 0.2) is 0 Å². The molecule has 0 saturated carbocycles. The molecule has 1 saturated heterocycles. The summed E-state index contributed by atoms with van der Waals surface area (Å²) in [7, 11) is 4.07. The van der Waals surface area contributed by atoms with Crippen molar-refractivity contribution >= 4 is 29.8 Å². The van der Waals surface area contributed by atoms with Gasteiger partial charge in [0, 0.05) is 42.5 Å². The van der Waals surface area contributed by atoms with Crippen LogP contribution in [0.5, 0.6) is 0 Å². The summed E-state index contributed by atoms with van der Waals surface area (Å²) in [5, 5.41) is 3.47. The Hall–Kier alpha value is -3.78. The maximum Gasteiger partial charge on any atom is 0.219 e. The summed E-state index contributed by atoms with van der Waals surface area (Å²) in [6.07, 6.45) is 10.5. The van der Waals surface area contributed by atoms with Crippen molar-refractivity contribution in [2.75, 3.05) is 38.2 Å². The molecule has 1 unspecified atom stereocenters. The van der Waals surface area contributed by atoms with Crippen LogP contribution in [0.4, 0.5) is 17.5 Å². The van der Waals surface area contributed by atoms with Crippen molar-refractivity contribution in [2.45, 2.75) is 24.8 Å². The lowest BCUT2D eigenvalue weighted by Gasteiger charge is -2.30. The van der Waals surface area contributed by atoms with E-state index in [9.17, 15) is 4.79 Å². The van der Waals surface area contributed by atoms with E-state index in [1.807, 2.05) is 30.3 Å². The molecule has 0 aliphatic carbocycles. The maximum absolute atomic E-state index is 12.0. The van der Waals surface area contributed by atoms with E-state index in [4.69, 9.17) is 10.7 Å². The van der Waals surface area contributed by atoms with Crippen molar-refractivity contribution < 1.29 is 4.79 Å². The van der Waals surface area contributed by atoms with Crippen LogP contribution in [0.1, 0.15) is 41.5 Å². The van der Waals surface area contributed by atoms with E-state index in [1.54, 1.807) is 12.4 Å². The lowest BCUT2D eigenvalue weighted by Crippen LogP contribution is -2.29. The molecule has 3 N–H and O–H groups in total. The topological polar surface area (TPSA) is 100 Å². The Kier molecular flexibility index (Phi) is 5.98. The second-order valence-corrected chi connectivity index (χ2v) is 9.08. The summed E-state index contributed by atoms with van der Waals surface area (Å²) in [5.41, 5.74) is 11.2. The van der Waals surface area contributed by atoms with Crippen molar-refractivity contribution in [1.29, 1.82) is 0 Å². The lowest BCUT2D eigenvalue weighted by molar-refractivity contribution is -0.111. The van der Waals surface area contributed by atoms with Gasteiger partial charge in [0.1, 0.15) is 18.1 Å². The highest BCUT2D eigenvalue weighted by atomic mass is 16.1. The van der Waals surface area contributed by atoms with Crippen LogP contribution in [0.15, 0.2) is 48.9 Å². The van der Waals surface area contributed by atoms with Crippen molar-refractivity contribution in [2.24, 2.45) is 0 Å². The van der Waals surface area contributed by atoms with E-state index in [0.29, 0.717) is 17.4 Å². The van der Waals surface area contributed by atoms with Crippen LogP contribution in [0.3, 0.4) is 0 Å². The zero-order valence-electron chi connectivity index (χ0n) is 19.5. The molecule has 2 aromatic heterocycles. The number of nitrogens with one attached hydrogen (secondary N) is 1. The third-order valence-corrected chi connectivity index (χ3v) is 6.77. The third kappa shape index (κ3) is 4.36. The quantitative estimate of drug-likeness (QED) is 0.560. The molecule has 8 heteroatoms. The van der Waals surface area contributed by atoms with Crippen LogP contribution in [0, 0.1) is 0 Å². The number of hydrogen-bond donors (Lipinski definition) is 2. The lowest BCUT2D eigenvalue weighted by atomic mass is 9.89. The zero-order valence-corrected chi connectivity index (χ0v) is 19.5. The number of carbonyl (C=O) groups is 1. The Balaban J connectivity index is 1.49. The fourth-order valence-corrected chi connectivity index (χ4v) is 4.71. The van der Waals surface area contributed by atoms with E-state index in [0.717, 1.165) is 41.8 Å². The number of benzene rings is 1. The largest absolute Gasteiger partial charge is 0.368 e. The molecule has 34 heavy (non-hydrogen) atoms. The van der Waals surface area contributed by atoms with Gasteiger partial charge in [0.05, 0.1) is 5.69 Å². The van der Waals surface area contributed by atoms with Crippen molar-refractivity contribution in [1.82, 2.24) is 24.8 Å². The average Bonchev–Trinajstić information content (AvgIpc) is 2.85. The molecule has 0 spiro atoms. The standard InChI is InChI=1S/C26H29N7O/c1-32-10-7-18(8-11-32)17-3-5-21(6-4-17)30-25-24-19(9-12-33(2)23(24)16-34)13-22(31-25)20-14-28-26(27)29-15-20/h3-6,9,12-16,18,23H,7-8,10-11H2,1-2H3,(H,30,31)(H2,27,28,29). The van der Waals surface area contributed by atoms with Gasteiger partial charge >= 0.3 is 0 Å². The Morgan fingerprint density at radius 1 is 1.09 bits per heavy atom. The molecular weight excluding hydrogens is 426 g/mol. The molecule has 4 heterocycles. The Labute approximate surface area is 199 Å². The van der Waals surface area contributed by atoms with Gasteiger partial charge in [-0.3, -0.25) is 0 Å². The average molecular weight is 456 g/mol. The highest BCUT2D eigenvalue weighted by Gasteiger charge is 2.26. The number of fused-ring (bicyclic) bond motifs is 1. The number of nitrogens with zero attached hydrogens (tertiary/aromatic N) is 5. The van der Waals surface area contributed by atoms with Crippen LogP contribution < -0.4 is 11.1 Å². The zero-order chi connectivity index (χ0) is 23.7. The van der Waals surface area contributed by atoms with Gasteiger partial charge in [-0.15, -0.1) is 0 Å². The Morgan fingerprint density at radius 3 is 2.47 bits per heavy atom. The summed E-state index contributed by atoms with van der Waals surface area (Å²) in [6.45, 7) is 2.27. The molecule has 1 fully saturated rings. The summed E-state index contributed by atoms with van der Waals surface area (Å²) in [6, 6.07) is 10.1.